The molecule has 0 aliphatic heterocycles. The van der Waals surface area contributed by atoms with Crippen LogP contribution in [0.5, 0.6) is 0 Å². The Morgan fingerprint density at radius 1 is 1.40 bits per heavy atom. The molecule has 0 bridgehead atoms. The van der Waals surface area contributed by atoms with Crippen molar-refractivity contribution in [2.45, 2.75) is 13.8 Å². The summed E-state index contributed by atoms with van der Waals surface area (Å²) in [6.07, 6.45) is 0. The number of aryl methyl sites for hydroxylation is 1. The van der Waals surface area contributed by atoms with Crippen molar-refractivity contribution in [2.75, 3.05) is 18.4 Å². The summed E-state index contributed by atoms with van der Waals surface area (Å²) in [5.74, 6) is -0.286. The number of rotatable bonds is 4. The molecular formula is C11H15FN2O. The van der Waals surface area contributed by atoms with E-state index in [9.17, 15) is 9.18 Å². The summed E-state index contributed by atoms with van der Waals surface area (Å²) in [7, 11) is 0. The lowest BCUT2D eigenvalue weighted by molar-refractivity contribution is -0.118. The number of amides is 1. The van der Waals surface area contributed by atoms with Gasteiger partial charge in [-0.3, -0.25) is 4.79 Å². The van der Waals surface area contributed by atoms with Crippen molar-refractivity contribution in [3.63, 3.8) is 0 Å². The van der Waals surface area contributed by atoms with Crippen LogP contribution in [0, 0.1) is 12.7 Å². The highest BCUT2D eigenvalue weighted by Crippen LogP contribution is 2.12. The average Bonchev–Trinajstić information content (AvgIpc) is 2.18. The molecule has 0 heterocycles. The lowest BCUT2D eigenvalue weighted by atomic mass is 10.2. The fraction of sp³-hybridized carbons (Fsp3) is 0.364. The predicted molar refractivity (Wildman–Crippen MR) is 58.3 cm³/mol. The minimum atomic E-state index is -0.223. The molecule has 1 rings (SSSR count). The Morgan fingerprint density at radius 2 is 2.13 bits per heavy atom. The van der Waals surface area contributed by atoms with Gasteiger partial charge in [-0.15, -0.1) is 0 Å². The molecule has 0 saturated heterocycles. The van der Waals surface area contributed by atoms with E-state index in [0.717, 1.165) is 5.69 Å². The van der Waals surface area contributed by atoms with Gasteiger partial charge in [-0.05, 0) is 24.6 Å². The summed E-state index contributed by atoms with van der Waals surface area (Å²) < 4.78 is 13.1. The highest BCUT2D eigenvalue weighted by Gasteiger charge is 1.98. The average molecular weight is 210 g/mol. The third kappa shape index (κ3) is 3.97. The number of halogens is 1. The van der Waals surface area contributed by atoms with Gasteiger partial charge in [-0.2, -0.15) is 0 Å². The maximum atomic E-state index is 13.1. The number of hydrogen-bond acceptors (Lipinski definition) is 2. The summed E-state index contributed by atoms with van der Waals surface area (Å²) in [5.41, 5.74) is 1.35. The van der Waals surface area contributed by atoms with E-state index in [4.69, 9.17) is 0 Å². The van der Waals surface area contributed by atoms with Gasteiger partial charge < -0.3 is 10.6 Å². The number of nitrogens with one attached hydrogen (secondary N) is 2. The SMILES string of the molecule is CC(=O)NCCNc1ccc(C)c(F)c1. The van der Waals surface area contributed by atoms with Gasteiger partial charge in [-0.25, -0.2) is 4.39 Å². The van der Waals surface area contributed by atoms with Crippen molar-refractivity contribution in [1.82, 2.24) is 5.32 Å². The Labute approximate surface area is 88.7 Å². The van der Waals surface area contributed by atoms with Crippen LogP contribution in [-0.4, -0.2) is 19.0 Å². The number of carbonyl (C=O) groups is 1. The van der Waals surface area contributed by atoms with Gasteiger partial charge in [0, 0.05) is 25.7 Å². The molecule has 0 unspecified atom stereocenters. The van der Waals surface area contributed by atoms with E-state index in [1.54, 1.807) is 13.0 Å². The second-order valence-electron chi connectivity index (χ2n) is 3.37. The van der Waals surface area contributed by atoms with Crippen LogP contribution in [0.4, 0.5) is 10.1 Å². The molecule has 0 spiro atoms. The van der Waals surface area contributed by atoms with Crippen molar-refractivity contribution in [3.05, 3.63) is 29.6 Å². The zero-order chi connectivity index (χ0) is 11.3. The first-order valence-corrected chi connectivity index (χ1v) is 4.84. The number of benzene rings is 1. The molecule has 82 valence electrons. The van der Waals surface area contributed by atoms with E-state index < -0.39 is 0 Å². The molecule has 0 fully saturated rings. The Morgan fingerprint density at radius 3 is 2.73 bits per heavy atom. The molecule has 2 N–H and O–H groups in total. The highest BCUT2D eigenvalue weighted by molar-refractivity contribution is 5.72. The topological polar surface area (TPSA) is 41.1 Å². The van der Waals surface area contributed by atoms with Crippen LogP contribution < -0.4 is 10.6 Å². The number of carbonyl (C=O) groups excluding carboxylic acids is 1. The minimum Gasteiger partial charge on any atom is -0.383 e. The Kier molecular flexibility index (Phi) is 4.09. The van der Waals surface area contributed by atoms with Gasteiger partial charge in [0.25, 0.3) is 0 Å². The molecule has 0 aromatic heterocycles. The molecule has 0 aliphatic rings. The Bertz CT molecular complexity index is 352. The Balaban J connectivity index is 2.38. The molecule has 4 heteroatoms. The van der Waals surface area contributed by atoms with Gasteiger partial charge in [0.05, 0.1) is 0 Å². The van der Waals surface area contributed by atoms with Crippen molar-refractivity contribution < 1.29 is 9.18 Å². The smallest absolute Gasteiger partial charge is 0.216 e. The van der Waals surface area contributed by atoms with Crippen LogP contribution >= 0.6 is 0 Å². The first-order valence-electron chi connectivity index (χ1n) is 4.84. The number of anilines is 1. The fourth-order valence-electron chi connectivity index (χ4n) is 1.15. The van der Waals surface area contributed by atoms with Crippen molar-refractivity contribution in [2.24, 2.45) is 0 Å². The van der Waals surface area contributed by atoms with Gasteiger partial charge in [0.2, 0.25) is 5.91 Å². The maximum absolute atomic E-state index is 13.1. The predicted octanol–water partition coefficient (Wildman–Crippen LogP) is 1.68. The van der Waals surface area contributed by atoms with Crippen LogP contribution in [0.3, 0.4) is 0 Å². The summed E-state index contributed by atoms with van der Waals surface area (Å²) in [6, 6.07) is 4.98. The molecular weight excluding hydrogens is 195 g/mol. The zero-order valence-electron chi connectivity index (χ0n) is 8.93. The Hall–Kier alpha value is -1.58. The summed E-state index contributed by atoms with van der Waals surface area (Å²) in [5, 5.41) is 5.66. The van der Waals surface area contributed by atoms with E-state index in [1.807, 2.05) is 6.07 Å². The first-order chi connectivity index (χ1) is 7.09. The lowest BCUT2D eigenvalue weighted by Crippen LogP contribution is -2.26. The van der Waals surface area contributed by atoms with Crippen LogP contribution in [0.2, 0.25) is 0 Å². The third-order valence-corrected chi connectivity index (χ3v) is 2.00. The van der Waals surface area contributed by atoms with E-state index >= 15 is 0 Å². The second-order valence-corrected chi connectivity index (χ2v) is 3.37. The highest BCUT2D eigenvalue weighted by atomic mass is 19.1. The second kappa shape index (κ2) is 5.34. The largest absolute Gasteiger partial charge is 0.383 e. The van der Waals surface area contributed by atoms with Crippen LogP contribution in [-0.2, 0) is 4.79 Å². The van der Waals surface area contributed by atoms with Crippen molar-refractivity contribution in [1.29, 1.82) is 0 Å². The van der Waals surface area contributed by atoms with Gasteiger partial charge >= 0.3 is 0 Å². The van der Waals surface area contributed by atoms with E-state index in [2.05, 4.69) is 10.6 Å². The maximum Gasteiger partial charge on any atom is 0.216 e. The minimum absolute atomic E-state index is 0.0631. The quantitative estimate of drug-likeness (QED) is 0.742. The molecule has 3 nitrogen and oxygen atoms in total. The summed E-state index contributed by atoms with van der Waals surface area (Å²) >= 11 is 0. The van der Waals surface area contributed by atoms with Crippen LogP contribution in [0.1, 0.15) is 12.5 Å². The molecule has 15 heavy (non-hydrogen) atoms. The van der Waals surface area contributed by atoms with Gasteiger partial charge in [0.1, 0.15) is 5.82 Å². The molecule has 0 radical (unpaired) electrons. The molecule has 1 aromatic carbocycles. The standard InChI is InChI=1S/C11H15FN2O/c1-8-3-4-10(7-11(8)12)14-6-5-13-9(2)15/h3-4,7,14H,5-6H2,1-2H3,(H,13,15). The van der Waals surface area contributed by atoms with E-state index in [1.165, 1.54) is 13.0 Å². The van der Waals surface area contributed by atoms with Crippen molar-refractivity contribution >= 4 is 11.6 Å². The van der Waals surface area contributed by atoms with Crippen LogP contribution in [0.25, 0.3) is 0 Å². The zero-order valence-corrected chi connectivity index (χ0v) is 8.93. The van der Waals surface area contributed by atoms with E-state index in [-0.39, 0.29) is 11.7 Å². The lowest BCUT2D eigenvalue weighted by Gasteiger charge is -2.07. The molecule has 0 aliphatic carbocycles. The molecule has 1 aromatic rings. The monoisotopic (exact) mass is 210 g/mol. The third-order valence-electron chi connectivity index (χ3n) is 2.00. The normalized spacial score (nSPS) is 9.80. The summed E-state index contributed by atoms with van der Waals surface area (Å²) in [6.45, 7) is 4.30. The first kappa shape index (κ1) is 11.5. The number of hydrogen-bond donors (Lipinski definition) is 2. The van der Waals surface area contributed by atoms with Gasteiger partial charge in [0.15, 0.2) is 0 Å². The van der Waals surface area contributed by atoms with Crippen LogP contribution in [0.15, 0.2) is 18.2 Å². The van der Waals surface area contributed by atoms with E-state index in [0.29, 0.717) is 18.7 Å². The molecule has 1 amide bonds. The molecule has 0 atom stereocenters. The van der Waals surface area contributed by atoms with Crippen molar-refractivity contribution in [3.8, 4) is 0 Å². The molecule has 0 saturated carbocycles. The summed E-state index contributed by atoms with van der Waals surface area (Å²) in [4.78, 5) is 10.6. The fourth-order valence-corrected chi connectivity index (χ4v) is 1.15. The van der Waals surface area contributed by atoms with Gasteiger partial charge in [-0.1, -0.05) is 6.07 Å².